The Bertz CT molecular complexity index is 1200. The number of aromatic hydroxyl groups is 1. The molecule has 3 unspecified atom stereocenters. The Morgan fingerprint density at radius 2 is 1.97 bits per heavy atom. The molecule has 0 spiro atoms. The number of methoxy groups -OCH3 is 1. The summed E-state index contributed by atoms with van der Waals surface area (Å²) in [6, 6.07) is 10.7. The highest BCUT2D eigenvalue weighted by atomic mass is 16.7. The highest BCUT2D eigenvalue weighted by Crippen LogP contribution is 2.34. The predicted molar refractivity (Wildman–Crippen MR) is 125 cm³/mol. The summed E-state index contributed by atoms with van der Waals surface area (Å²) in [5.74, 6) is -0.298. The summed E-state index contributed by atoms with van der Waals surface area (Å²) < 4.78 is 26.5. The molecule has 3 aromatic rings. The third-order valence-corrected chi connectivity index (χ3v) is 5.82. The molecule has 1 aliphatic heterocycles. The number of phenolic OH excluding ortho intramolecular Hbond substituents is 1. The second kappa shape index (κ2) is 10.8. The van der Waals surface area contributed by atoms with Crippen LogP contribution in [0.25, 0.3) is 11.0 Å². The van der Waals surface area contributed by atoms with E-state index in [2.05, 4.69) is 4.74 Å². The van der Waals surface area contributed by atoms with E-state index in [1.165, 1.54) is 13.2 Å². The molecule has 4 rings (SSSR count). The van der Waals surface area contributed by atoms with Crippen LogP contribution in [0.5, 0.6) is 11.5 Å². The van der Waals surface area contributed by atoms with Crippen LogP contribution >= 0.6 is 0 Å². The molecule has 0 saturated carbocycles. The molecule has 1 aliphatic rings. The molecule has 0 bridgehead atoms. The first-order valence-electron chi connectivity index (χ1n) is 11.4. The van der Waals surface area contributed by atoms with Gasteiger partial charge in [0.05, 0.1) is 25.6 Å². The number of furan rings is 1. The predicted octanol–water partition coefficient (Wildman–Crippen LogP) is 4.29. The highest BCUT2D eigenvalue weighted by Gasteiger charge is 2.32. The first-order valence-corrected chi connectivity index (χ1v) is 11.4. The molecule has 0 radical (unpaired) electrons. The molecule has 1 aromatic heterocycles. The molecule has 0 amide bonds. The lowest BCUT2D eigenvalue weighted by Gasteiger charge is -2.33. The molecule has 2 N–H and O–H groups in total. The summed E-state index contributed by atoms with van der Waals surface area (Å²) in [5.41, 5.74) is 2.50. The van der Waals surface area contributed by atoms with Crippen molar-refractivity contribution in [3.05, 3.63) is 59.4 Å². The van der Waals surface area contributed by atoms with Crippen LogP contribution in [0.1, 0.15) is 40.7 Å². The van der Waals surface area contributed by atoms with Gasteiger partial charge in [-0.1, -0.05) is 6.07 Å². The normalized spacial score (nSPS) is 19.9. The van der Waals surface area contributed by atoms with E-state index in [1.54, 1.807) is 19.3 Å². The molecule has 2 aromatic carbocycles. The zero-order chi connectivity index (χ0) is 24.9. The number of benzene rings is 2. The van der Waals surface area contributed by atoms with Crippen LogP contribution < -0.4 is 4.74 Å². The summed E-state index contributed by atoms with van der Waals surface area (Å²) in [7, 11) is 1.20. The Morgan fingerprint density at radius 1 is 1.14 bits per heavy atom. The Balaban J connectivity index is 1.46. The summed E-state index contributed by atoms with van der Waals surface area (Å²) in [6.45, 7) is 1.65. The van der Waals surface area contributed by atoms with E-state index < -0.39 is 24.7 Å². The second-order valence-electron chi connectivity index (χ2n) is 8.57. The van der Waals surface area contributed by atoms with Crippen LogP contribution in [0, 0.1) is 6.92 Å². The molecular weight excluding hydrogens is 456 g/mol. The van der Waals surface area contributed by atoms with Gasteiger partial charge in [-0.05, 0) is 54.8 Å². The summed E-state index contributed by atoms with van der Waals surface area (Å²) >= 11 is 0. The van der Waals surface area contributed by atoms with E-state index in [0.29, 0.717) is 12.0 Å². The number of phenols is 1. The van der Waals surface area contributed by atoms with E-state index in [-0.39, 0.29) is 48.7 Å². The molecule has 2 heterocycles. The Morgan fingerprint density at radius 3 is 2.77 bits per heavy atom. The highest BCUT2D eigenvalue weighted by molar-refractivity contribution is 6.01. The number of aliphatic hydroxyl groups is 1. The number of ketones is 1. The van der Waals surface area contributed by atoms with Gasteiger partial charge in [-0.2, -0.15) is 0 Å². The maximum atomic E-state index is 13.1. The van der Waals surface area contributed by atoms with Crippen LogP contribution in [0.15, 0.2) is 47.1 Å². The molecule has 9 heteroatoms. The van der Waals surface area contributed by atoms with Gasteiger partial charge in [0.1, 0.15) is 29.3 Å². The van der Waals surface area contributed by atoms with Crippen molar-refractivity contribution in [2.75, 3.05) is 13.7 Å². The van der Waals surface area contributed by atoms with Gasteiger partial charge in [-0.25, -0.2) is 4.79 Å². The number of aliphatic hydroxyl groups excluding tert-OH is 1. The zero-order valence-electron chi connectivity index (χ0n) is 19.6. The number of aryl methyl sites for hydroxylation is 2. The molecule has 3 atom stereocenters. The maximum Gasteiger partial charge on any atom is 0.508 e. The van der Waals surface area contributed by atoms with Gasteiger partial charge in [0.25, 0.3) is 0 Å². The summed E-state index contributed by atoms with van der Waals surface area (Å²) in [5, 5.41) is 21.8. The largest absolute Gasteiger partial charge is 0.508 e. The fourth-order valence-electron chi connectivity index (χ4n) is 4.15. The number of rotatable bonds is 8. The van der Waals surface area contributed by atoms with Crippen LogP contribution in [-0.4, -0.2) is 54.4 Å². The smallest absolute Gasteiger partial charge is 0.507 e. The van der Waals surface area contributed by atoms with E-state index in [0.717, 1.165) is 16.5 Å². The van der Waals surface area contributed by atoms with Gasteiger partial charge in [-0.3, -0.25) is 4.79 Å². The van der Waals surface area contributed by atoms with Crippen molar-refractivity contribution in [1.82, 2.24) is 0 Å². The van der Waals surface area contributed by atoms with Crippen LogP contribution in [0.2, 0.25) is 0 Å². The maximum absolute atomic E-state index is 13.1. The molecule has 35 heavy (non-hydrogen) atoms. The van der Waals surface area contributed by atoms with Crippen molar-refractivity contribution < 1.29 is 43.2 Å². The number of ether oxygens (including phenoxy) is 4. The van der Waals surface area contributed by atoms with Gasteiger partial charge in [0.15, 0.2) is 5.78 Å². The Labute approximate surface area is 202 Å². The minimum Gasteiger partial charge on any atom is -0.507 e. The van der Waals surface area contributed by atoms with Crippen LogP contribution in [0.4, 0.5) is 4.79 Å². The SMILES string of the molecule is COC(=O)OCC1CC(O)CC(Oc2cc(C)cc(O)c2C(=O)CCc2ccc3occc3c2)O1. The zero-order valence-corrected chi connectivity index (χ0v) is 19.6. The number of hydrogen-bond acceptors (Lipinski definition) is 9. The molecule has 0 aliphatic carbocycles. The monoisotopic (exact) mass is 484 g/mol. The second-order valence-corrected chi connectivity index (χ2v) is 8.57. The van der Waals surface area contributed by atoms with Crippen molar-refractivity contribution in [2.24, 2.45) is 0 Å². The van der Waals surface area contributed by atoms with E-state index >= 15 is 0 Å². The molecule has 186 valence electrons. The lowest BCUT2D eigenvalue weighted by Crippen LogP contribution is -2.41. The average molecular weight is 485 g/mol. The van der Waals surface area contributed by atoms with Crippen molar-refractivity contribution in [3.63, 3.8) is 0 Å². The summed E-state index contributed by atoms with van der Waals surface area (Å²) in [6.07, 6.45) is -0.475. The average Bonchev–Trinajstić information content (AvgIpc) is 3.28. The quantitative estimate of drug-likeness (QED) is 0.356. The van der Waals surface area contributed by atoms with Gasteiger partial charge >= 0.3 is 6.16 Å². The number of fused-ring (bicyclic) bond motifs is 1. The standard InChI is InChI=1S/C26H28O9/c1-15-9-21(29)25(20(28)5-3-16-4-6-22-17(11-16)7-8-32-22)23(10-15)35-24-13-18(27)12-19(34-24)14-33-26(30)31-2/h4,6-11,18-19,24,27,29H,3,5,12-14H2,1-2H3. The molecular formula is C26H28O9. The van der Waals surface area contributed by atoms with Gasteiger partial charge in [0, 0.05) is 24.6 Å². The molecule has 9 nitrogen and oxygen atoms in total. The van der Waals surface area contributed by atoms with Crippen molar-refractivity contribution in [2.45, 2.75) is 51.1 Å². The third-order valence-electron chi connectivity index (χ3n) is 5.82. The molecule has 1 saturated heterocycles. The Hall–Kier alpha value is -3.56. The van der Waals surface area contributed by atoms with E-state index in [1.807, 2.05) is 24.3 Å². The van der Waals surface area contributed by atoms with Crippen LogP contribution in [0.3, 0.4) is 0 Å². The topological polar surface area (TPSA) is 125 Å². The number of Topliss-reactive ketones (excluding diaryl/α,β-unsaturated/α-hetero) is 1. The first-order chi connectivity index (χ1) is 16.8. The van der Waals surface area contributed by atoms with Gasteiger partial charge in [-0.15, -0.1) is 0 Å². The van der Waals surface area contributed by atoms with Crippen LogP contribution in [-0.2, 0) is 20.6 Å². The lowest BCUT2D eigenvalue weighted by atomic mass is 9.99. The minimum absolute atomic E-state index is 0.0611. The minimum atomic E-state index is -0.902. The fourth-order valence-corrected chi connectivity index (χ4v) is 4.15. The van der Waals surface area contributed by atoms with Crippen molar-refractivity contribution in [3.8, 4) is 11.5 Å². The Kier molecular flexibility index (Phi) is 7.57. The number of carbonyl (C=O) groups excluding carboxylic acids is 2. The van der Waals surface area contributed by atoms with Gasteiger partial charge in [0.2, 0.25) is 6.29 Å². The lowest BCUT2D eigenvalue weighted by molar-refractivity contribution is -0.186. The van der Waals surface area contributed by atoms with E-state index in [9.17, 15) is 19.8 Å². The first kappa shape index (κ1) is 24.6. The third kappa shape index (κ3) is 6.12. The fraction of sp³-hybridized carbons (Fsp3) is 0.385. The number of carbonyl (C=O) groups is 2. The number of hydrogen-bond donors (Lipinski definition) is 2. The van der Waals surface area contributed by atoms with E-state index in [4.69, 9.17) is 18.6 Å². The molecule has 1 fully saturated rings. The van der Waals surface area contributed by atoms with Crippen molar-refractivity contribution in [1.29, 1.82) is 0 Å². The summed E-state index contributed by atoms with van der Waals surface area (Å²) in [4.78, 5) is 24.4. The van der Waals surface area contributed by atoms with Gasteiger partial charge < -0.3 is 33.6 Å². The van der Waals surface area contributed by atoms with Crippen molar-refractivity contribution >= 4 is 22.9 Å².